The fourth-order valence-electron chi connectivity index (χ4n) is 4.54. The summed E-state index contributed by atoms with van der Waals surface area (Å²) in [6.07, 6.45) is 2.60. The number of benzene rings is 1. The molecule has 0 bridgehead atoms. The minimum Gasteiger partial charge on any atom is -0.383 e. The second-order valence-electron chi connectivity index (χ2n) is 8.63. The number of nitrogen functional groups attached to an aromatic ring is 1. The largest absolute Gasteiger partial charge is 0.383 e. The van der Waals surface area contributed by atoms with Crippen LogP contribution in [0.5, 0.6) is 0 Å². The number of nitrogens with one attached hydrogen (secondary N) is 1. The molecule has 0 radical (unpaired) electrons. The molecule has 3 N–H and O–H groups in total. The molecule has 3 aromatic rings. The van der Waals surface area contributed by atoms with Crippen molar-refractivity contribution in [1.82, 2.24) is 20.2 Å². The van der Waals surface area contributed by atoms with Gasteiger partial charge in [-0.25, -0.2) is 4.98 Å². The van der Waals surface area contributed by atoms with E-state index in [4.69, 9.17) is 10.7 Å². The Bertz CT molecular complexity index is 1180. The molecule has 1 aromatic carbocycles. The van der Waals surface area contributed by atoms with Crippen molar-refractivity contribution in [1.29, 1.82) is 0 Å². The molecule has 1 fully saturated rings. The van der Waals surface area contributed by atoms with Gasteiger partial charge < -0.3 is 20.9 Å². The van der Waals surface area contributed by atoms with Gasteiger partial charge in [-0.15, -0.1) is 0 Å². The maximum Gasteiger partial charge on any atom is 0.251 e. The van der Waals surface area contributed by atoms with Gasteiger partial charge in [0.1, 0.15) is 5.82 Å². The van der Waals surface area contributed by atoms with Crippen LogP contribution in [0.15, 0.2) is 42.6 Å². The normalized spacial score (nSPS) is 16.6. The zero-order valence-electron chi connectivity index (χ0n) is 18.6. The van der Waals surface area contributed by atoms with Crippen LogP contribution in [-0.2, 0) is 6.42 Å². The van der Waals surface area contributed by atoms with E-state index in [1.807, 2.05) is 18.2 Å². The second kappa shape index (κ2) is 8.24. The molecule has 32 heavy (non-hydrogen) atoms. The molecular formula is C25H28N6O. The van der Waals surface area contributed by atoms with Gasteiger partial charge in [-0.3, -0.25) is 9.78 Å². The zero-order chi connectivity index (χ0) is 22.2. The van der Waals surface area contributed by atoms with Gasteiger partial charge in [-0.05, 0) is 55.8 Å². The number of aromatic nitrogens is 2. The molecule has 2 aliphatic rings. The average molecular weight is 429 g/mol. The van der Waals surface area contributed by atoms with Gasteiger partial charge in [0.15, 0.2) is 0 Å². The number of amides is 1. The van der Waals surface area contributed by atoms with E-state index in [0.717, 1.165) is 71.8 Å². The number of hydrogen-bond donors (Lipinski definition) is 2. The van der Waals surface area contributed by atoms with Gasteiger partial charge in [-0.1, -0.05) is 12.1 Å². The monoisotopic (exact) mass is 428 g/mol. The summed E-state index contributed by atoms with van der Waals surface area (Å²) < 4.78 is 0. The van der Waals surface area contributed by atoms with Crippen molar-refractivity contribution in [3.63, 3.8) is 0 Å². The SMILES string of the molecule is Cc1nc(-c2cnc(N)c(-c3ccc4c(c3)CCNC4=O)c2)ccc1N1CCN(C)CC1. The van der Waals surface area contributed by atoms with Crippen molar-refractivity contribution >= 4 is 17.4 Å². The highest BCUT2D eigenvalue weighted by atomic mass is 16.1. The van der Waals surface area contributed by atoms with E-state index in [2.05, 4.69) is 52.3 Å². The number of piperazine rings is 1. The molecule has 4 heterocycles. The number of nitrogens with two attached hydrogens (primary N) is 1. The maximum absolute atomic E-state index is 12.1. The highest BCUT2D eigenvalue weighted by Crippen LogP contribution is 2.32. The molecule has 0 unspecified atom stereocenters. The molecular weight excluding hydrogens is 400 g/mol. The molecule has 0 saturated carbocycles. The first-order valence-corrected chi connectivity index (χ1v) is 11.1. The van der Waals surface area contributed by atoms with E-state index < -0.39 is 0 Å². The summed E-state index contributed by atoms with van der Waals surface area (Å²) in [5.41, 5.74) is 13.9. The summed E-state index contributed by atoms with van der Waals surface area (Å²) >= 11 is 0. The first-order chi connectivity index (χ1) is 15.5. The molecule has 7 nitrogen and oxygen atoms in total. The van der Waals surface area contributed by atoms with Gasteiger partial charge in [0.2, 0.25) is 0 Å². The average Bonchev–Trinajstić information content (AvgIpc) is 2.80. The lowest BCUT2D eigenvalue weighted by atomic mass is 9.94. The lowest BCUT2D eigenvalue weighted by Gasteiger charge is -2.34. The van der Waals surface area contributed by atoms with Crippen molar-refractivity contribution in [2.24, 2.45) is 0 Å². The van der Waals surface area contributed by atoms with Gasteiger partial charge in [-0.2, -0.15) is 0 Å². The third kappa shape index (κ3) is 3.80. The van der Waals surface area contributed by atoms with Crippen molar-refractivity contribution in [3.8, 4) is 22.4 Å². The van der Waals surface area contributed by atoms with Crippen molar-refractivity contribution in [2.45, 2.75) is 13.3 Å². The molecule has 7 heteroatoms. The van der Waals surface area contributed by atoms with E-state index in [9.17, 15) is 4.79 Å². The smallest absolute Gasteiger partial charge is 0.251 e. The van der Waals surface area contributed by atoms with Crippen molar-refractivity contribution in [3.05, 3.63) is 59.4 Å². The maximum atomic E-state index is 12.1. The Labute approximate surface area is 188 Å². The molecule has 2 aliphatic heterocycles. The molecule has 0 spiro atoms. The number of rotatable bonds is 3. The standard InChI is InChI=1S/C25H28N6O/c1-16-23(31-11-9-30(2)10-12-31)6-5-22(29-16)19-14-21(24(26)28-15-19)17-3-4-20-18(13-17)7-8-27-25(20)32/h3-6,13-15H,7-12H2,1-2H3,(H2,26,28)(H,27,32). The third-order valence-corrected chi connectivity index (χ3v) is 6.46. The van der Waals surface area contributed by atoms with E-state index >= 15 is 0 Å². The Morgan fingerprint density at radius 3 is 2.59 bits per heavy atom. The van der Waals surface area contributed by atoms with E-state index in [1.165, 1.54) is 5.69 Å². The molecule has 5 rings (SSSR count). The predicted molar refractivity (Wildman–Crippen MR) is 128 cm³/mol. The number of hydrogen-bond acceptors (Lipinski definition) is 6. The van der Waals surface area contributed by atoms with E-state index in [-0.39, 0.29) is 5.91 Å². The minimum absolute atomic E-state index is 0.0160. The molecule has 1 amide bonds. The molecule has 0 aliphatic carbocycles. The Balaban J connectivity index is 1.46. The predicted octanol–water partition coefficient (Wildman–Crippen LogP) is 2.74. The molecule has 164 valence electrons. The van der Waals surface area contributed by atoms with E-state index in [1.54, 1.807) is 6.20 Å². The molecule has 0 atom stereocenters. The number of pyridine rings is 2. The minimum atomic E-state index is -0.0160. The van der Waals surface area contributed by atoms with Gasteiger partial charge in [0.25, 0.3) is 5.91 Å². The van der Waals surface area contributed by atoms with Crippen LogP contribution in [0.1, 0.15) is 21.6 Å². The highest BCUT2D eigenvalue weighted by molar-refractivity contribution is 5.97. The fraction of sp³-hybridized carbons (Fsp3) is 0.320. The van der Waals surface area contributed by atoms with Gasteiger partial charge in [0.05, 0.1) is 17.1 Å². The van der Waals surface area contributed by atoms with Crippen LogP contribution in [0.3, 0.4) is 0 Å². The van der Waals surface area contributed by atoms with Gasteiger partial charge >= 0.3 is 0 Å². The lowest BCUT2D eigenvalue weighted by molar-refractivity contribution is 0.0946. The van der Waals surface area contributed by atoms with Crippen LogP contribution in [0, 0.1) is 6.92 Å². The number of fused-ring (bicyclic) bond motifs is 1. The number of carbonyl (C=O) groups is 1. The third-order valence-electron chi connectivity index (χ3n) is 6.46. The number of likely N-dealkylation sites (N-methyl/N-ethyl adjacent to an activating group) is 1. The molecule has 1 saturated heterocycles. The number of carbonyl (C=O) groups excluding carboxylic acids is 1. The summed E-state index contributed by atoms with van der Waals surface area (Å²) in [5.74, 6) is 0.456. The topological polar surface area (TPSA) is 87.4 Å². The summed E-state index contributed by atoms with van der Waals surface area (Å²) in [6, 6.07) is 12.1. The van der Waals surface area contributed by atoms with Crippen LogP contribution in [0.2, 0.25) is 0 Å². The first kappa shape index (κ1) is 20.5. The fourth-order valence-corrected chi connectivity index (χ4v) is 4.54. The second-order valence-corrected chi connectivity index (χ2v) is 8.63. The Hall–Kier alpha value is -3.45. The van der Waals surface area contributed by atoms with Crippen LogP contribution in [0.4, 0.5) is 11.5 Å². The molecule has 2 aromatic heterocycles. The highest BCUT2D eigenvalue weighted by Gasteiger charge is 2.19. The lowest BCUT2D eigenvalue weighted by Crippen LogP contribution is -2.44. The van der Waals surface area contributed by atoms with E-state index in [0.29, 0.717) is 12.4 Å². The van der Waals surface area contributed by atoms with Crippen LogP contribution in [0.25, 0.3) is 22.4 Å². The summed E-state index contributed by atoms with van der Waals surface area (Å²) in [5, 5.41) is 2.88. The Morgan fingerprint density at radius 1 is 1.00 bits per heavy atom. The van der Waals surface area contributed by atoms with Crippen LogP contribution in [-0.4, -0.2) is 60.5 Å². The first-order valence-electron chi connectivity index (χ1n) is 11.1. The van der Waals surface area contributed by atoms with Crippen LogP contribution >= 0.6 is 0 Å². The van der Waals surface area contributed by atoms with Crippen molar-refractivity contribution < 1.29 is 4.79 Å². The Morgan fingerprint density at radius 2 is 1.81 bits per heavy atom. The number of anilines is 2. The van der Waals surface area contributed by atoms with Crippen molar-refractivity contribution in [2.75, 3.05) is 50.4 Å². The van der Waals surface area contributed by atoms with Gasteiger partial charge in [0, 0.05) is 55.6 Å². The Kier molecular flexibility index (Phi) is 5.27. The quantitative estimate of drug-likeness (QED) is 0.667. The number of nitrogens with zero attached hydrogens (tertiary/aromatic N) is 4. The van der Waals surface area contributed by atoms with Crippen LogP contribution < -0.4 is 16.0 Å². The zero-order valence-corrected chi connectivity index (χ0v) is 18.6. The summed E-state index contributed by atoms with van der Waals surface area (Å²) in [4.78, 5) is 26.2. The number of aryl methyl sites for hydroxylation is 1. The summed E-state index contributed by atoms with van der Waals surface area (Å²) in [7, 11) is 2.16. The summed E-state index contributed by atoms with van der Waals surface area (Å²) in [6.45, 7) is 6.89.